The molecule has 0 radical (unpaired) electrons. The summed E-state index contributed by atoms with van der Waals surface area (Å²) in [6.45, 7) is 7.73. The number of nitrogens with one attached hydrogen (secondary N) is 1. The highest BCUT2D eigenvalue weighted by molar-refractivity contribution is 5.67. The van der Waals surface area contributed by atoms with Gasteiger partial charge in [-0.25, -0.2) is 0 Å². The van der Waals surface area contributed by atoms with Crippen molar-refractivity contribution in [2.24, 2.45) is 0 Å². The lowest BCUT2D eigenvalue weighted by molar-refractivity contribution is 0.543. The Labute approximate surface area is 123 Å². The van der Waals surface area contributed by atoms with Gasteiger partial charge in [0.05, 0.1) is 0 Å². The van der Waals surface area contributed by atoms with Crippen molar-refractivity contribution < 1.29 is 0 Å². The van der Waals surface area contributed by atoms with Crippen LogP contribution in [0, 0.1) is 6.92 Å². The van der Waals surface area contributed by atoms with Crippen LogP contribution in [0.5, 0.6) is 0 Å². The molecule has 0 bridgehead atoms. The zero-order chi connectivity index (χ0) is 14.4. The number of hydrogen-bond acceptors (Lipinski definition) is 1. The maximum Gasteiger partial charge on any atom is 0.00791 e. The van der Waals surface area contributed by atoms with Gasteiger partial charge in [-0.2, -0.15) is 0 Å². The third-order valence-electron chi connectivity index (χ3n) is 3.69. The van der Waals surface area contributed by atoms with Crippen LogP contribution in [0.3, 0.4) is 0 Å². The first-order chi connectivity index (χ1) is 9.70. The van der Waals surface area contributed by atoms with Gasteiger partial charge >= 0.3 is 0 Å². The van der Waals surface area contributed by atoms with Crippen LogP contribution in [-0.4, -0.2) is 12.6 Å². The molecule has 2 aromatic carbocycles. The van der Waals surface area contributed by atoms with Crippen LogP contribution in [-0.2, 0) is 6.42 Å². The Morgan fingerprint density at radius 3 is 2.35 bits per heavy atom. The summed E-state index contributed by atoms with van der Waals surface area (Å²) < 4.78 is 0. The van der Waals surface area contributed by atoms with Gasteiger partial charge in [-0.3, -0.25) is 0 Å². The van der Waals surface area contributed by atoms with Gasteiger partial charge in [-0.15, -0.1) is 0 Å². The van der Waals surface area contributed by atoms with E-state index in [1.54, 1.807) is 0 Å². The van der Waals surface area contributed by atoms with E-state index < -0.39 is 0 Å². The van der Waals surface area contributed by atoms with Crippen LogP contribution in [0.4, 0.5) is 0 Å². The van der Waals surface area contributed by atoms with Gasteiger partial charge in [-0.05, 0) is 55.5 Å². The molecular formula is C19H25N. The first kappa shape index (κ1) is 14.8. The molecule has 1 unspecified atom stereocenters. The molecule has 0 saturated heterocycles. The minimum absolute atomic E-state index is 0.541. The monoisotopic (exact) mass is 267 g/mol. The molecule has 1 atom stereocenters. The highest BCUT2D eigenvalue weighted by Gasteiger charge is 2.04. The smallest absolute Gasteiger partial charge is 0.00791 e. The summed E-state index contributed by atoms with van der Waals surface area (Å²) in [5.41, 5.74) is 5.37. The van der Waals surface area contributed by atoms with E-state index in [4.69, 9.17) is 0 Å². The van der Waals surface area contributed by atoms with E-state index in [2.05, 4.69) is 74.6 Å². The predicted molar refractivity (Wildman–Crippen MR) is 88.1 cm³/mol. The van der Waals surface area contributed by atoms with E-state index in [-0.39, 0.29) is 0 Å². The Hall–Kier alpha value is -1.60. The van der Waals surface area contributed by atoms with Crippen molar-refractivity contribution >= 4 is 0 Å². The van der Waals surface area contributed by atoms with Gasteiger partial charge in [0.15, 0.2) is 0 Å². The molecule has 2 aromatic rings. The van der Waals surface area contributed by atoms with Gasteiger partial charge < -0.3 is 5.32 Å². The lowest BCUT2D eigenvalue weighted by Crippen LogP contribution is -2.28. The van der Waals surface area contributed by atoms with Gasteiger partial charge in [0.25, 0.3) is 0 Å². The van der Waals surface area contributed by atoms with E-state index in [0.717, 1.165) is 13.0 Å². The molecule has 0 aliphatic carbocycles. The minimum Gasteiger partial charge on any atom is -0.314 e. The van der Waals surface area contributed by atoms with Crippen LogP contribution >= 0.6 is 0 Å². The third kappa shape index (κ3) is 3.94. The number of rotatable bonds is 6. The Morgan fingerprint density at radius 2 is 1.70 bits per heavy atom. The molecule has 0 aliphatic heterocycles. The minimum atomic E-state index is 0.541. The molecule has 0 saturated carbocycles. The highest BCUT2D eigenvalue weighted by Crippen LogP contribution is 2.23. The summed E-state index contributed by atoms with van der Waals surface area (Å²) in [7, 11) is 0. The first-order valence-electron chi connectivity index (χ1n) is 7.59. The Bertz CT molecular complexity index is 528. The molecule has 2 rings (SSSR count). The molecule has 0 spiro atoms. The summed E-state index contributed by atoms with van der Waals surface area (Å²) in [5, 5.41) is 3.54. The van der Waals surface area contributed by atoms with E-state index in [9.17, 15) is 0 Å². The fraction of sp³-hybridized carbons (Fsp3) is 0.368. The molecule has 0 fully saturated rings. The largest absolute Gasteiger partial charge is 0.314 e. The van der Waals surface area contributed by atoms with E-state index in [0.29, 0.717) is 6.04 Å². The van der Waals surface area contributed by atoms with Crippen molar-refractivity contribution in [2.45, 2.75) is 39.7 Å². The van der Waals surface area contributed by atoms with Crippen molar-refractivity contribution in [1.82, 2.24) is 5.32 Å². The maximum absolute atomic E-state index is 3.54. The summed E-state index contributed by atoms with van der Waals surface area (Å²) in [6.07, 6.45) is 2.28. The van der Waals surface area contributed by atoms with Crippen LogP contribution in [0.25, 0.3) is 11.1 Å². The topological polar surface area (TPSA) is 12.0 Å². The fourth-order valence-electron chi connectivity index (χ4n) is 2.53. The maximum atomic E-state index is 3.54. The molecule has 1 N–H and O–H groups in total. The molecule has 106 valence electrons. The van der Waals surface area contributed by atoms with Gasteiger partial charge in [0, 0.05) is 6.04 Å². The first-order valence-corrected chi connectivity index (χ1v) is 7.59. The summed E-state index contributed by atoms with van der Waals surface area (Å²) >= 11 is 0. The molecule has 0 amide bonds. The van der Waals surface area contributed by atoms with E-state index in [1.165, 1.54) is 28.7 Å². The molecule has 0 aromatic heterocycles. The Balaban J connectivity index is 2.05. The second-order valence-electron chi connectivity index (χ2n) is 5.57. The highest BCUT2D eigenvalue weighted by atomic mass is 14.9. The standard InChI is InChI=1S/C19H25N/c1-4-13-20-16(3)14-17-9-11-18(12-10-17)19-8-6-5-7-15(19)2/h5-12,16,20H,4,13-14H2,1-3H3. The molecule has 0 heterocycles. The molecule has 0 aliphatic rings. The van der Waals surface area contributed by atoms with Crippen LogP contribution in [0.2, 0.25) is 0 Å². The van der Waals surface area contributed by atoms with Crippen molar-refractivity contribution in [3.05, 3.63) is 59.7 Å². The van der Waals surface area contributed by atoms with Crippen molar-refractivity contribution in [3.8, 4) is 11.1 Å². The number of aryl methyl sites for hydroxylation is 1. The average molecular weight is 267 g/mol. The Morgan fingerprint density at radius 1 is 1.00 bits per heavy atom. The number of hydrogen-bond donors (Lipinski definition) is 1. The second kappa shape index (κ2) is 7.25. The van der Waals surface area contributed by atoms with E-state index in [1.807, 2.05) is 0 Å². The van der Waals surface area contributed by atoms with Crippen LogP contribution in [0.15, 0.2) is 48.5 Å². The fourth-order valence-corrected chi connectivity index (χ4v) is 2.53. The molecule has 1 nitrogen and oxygen atoms in total. The van der Waals surface area contributed by atoms with Crippen molar-refractivity contribution in [1.29, 1.82) is 0 Å². The van der Waals surface area contributed by atoms with E-state index >= 15 is 0 Å². The summed E-state index contributed by atoms with van der Waals surface area (Å²) in [6, 6.07) is 18.1. The lowest BCUT2D eigenvalue weighted by Gasteiger charge is -2.13. The quantitative estimate of drug-likeness (QED) is 0.807. The van der Waals surface area contributed by atoms with Gasteiger partial charge in [0.2, 0.25) is 0 Å². The van der Waals surface area contributed by atoms with Crippen LogP contribution < -0.4 is 5.32 Å². The Kier molecular flexibility index (Phi) is 5.37. The van der Waals surface area contributed by atoms with Gasteiger partial charge in [0.1, 0.15) is 0 Å². The van der Waals surface area contributed by atoms with Gasteiger partial charge in [-0.1, -0.05) is 55.5 Å². The van der Waals surface area contributed by atoms with Crippen LogP contribution in [0.1, 0.15) is 31.4 Å². The van der Waals surface area contributed by atoms with Crippen molar-refractivity contribution in [2.75, 3.05) is 6.54 Å². The SMILES string of the molecule is CCCNC(C)Cc1ccc(-c2ccccc2C)cc1. The molecule has 1 heteroatoms. The second-order valence-corrected chi connectivity index (χ2v) is 5.57. The third-order valence-corrected chi connectivity index (χ3v) is 3.69. The predicted octanol–water partition coefficient (Wildman–Crippen LogP) is 4.59. The average Bonchev–Trinajstić information content (AvgIpc) is 2.47. The molecule has 20 heavy (non-hydrogen) atoms. The zero-order valence-electron chi connectivity index (χ0n) is 12.8. The number of benzene rings is 2. The normalized spacial score (nSPS) is 12.3. The van der Waals surface area contributed by atoms with Crippen molar-refractivity contribution in [3.63, 3.8) is 0 Å². The zero-order valence-corrected chi connectivity index (χ0v) is 12.8. The lowest BCUT2D eigenvalue weighted by atomic mass is 9.98. The molecular weight excluding hydrogens is 242 g/mol. The summed E-state index contributed by atoms with van der Waals surface area (Å²) in [5.74, 6) is 0. The summed E-state index contributed by atoms with van der Waals surface area (Å²) in [4.78, 5) is 0.